The van der Waals surface area contributed by atoms with Gasteiger partial charge in [-0.15, -0.1) is 0 Å². The molecule has 0 fully saturated rings. The van der Waals surface area contributed by atoms with E-state index in [-0.39, 0.29) is 5.91 Å². The van der Waals surface area contributed by atoms with Gasteiger partial charge in [0.2, 0.25) is 5.91 Å². The van der Waals surface area contributed by atoms with Crippen molar-refractivity contribution < 1.29 is 9.53 Å². The molecule has 1 amide bonds. The summed E-state index contributed by atoms with van der Waals surface area (Å²) in [4.78, 5) is 16.6. The number of rotatable bonds is 6. The first-order valence-corrected chi connectivity index (χ1v) is 8.42. The molecule has 0 unspecified atom stereocenters. The van der Waals surface area contributed by atoms with Crippen LogP contribution in [-0.4, -0.2) is 22.6 Å². The first-order valence-electron chi connectivity index (χ1n) is 8.42. The highest BCUT2D eigenvalue weighted by Crippen LogP contribution is 2.19. The van der Waals surface area contributed by atoms with E-state index >= 15 is 0 Å². The number of amides is 1. The van der Waals surface area contributed by atoms with Crippen molar-refractivity contribution in [1.29, 1.82) is 0 Å². The fourth-order valence-electron chi connectivity index (χ4n) is 2.79. The van der Waals surface area contributed by atoms with Crippen LogP contribution in [0.25, 0.3) is 11.0 Å². The molecule has 25 heavy (non-hydrogen) atoms. The third-order valence-corrected chi connectivity index (χ3v) is 4.21. The molecule has 2 aromatic carbocycles. The highest BCUT2D eigenvalue weighted by Gasteiger charge is 2.08. The van der Waals surface area contributed by atoms with Crippen LogP contribution < -0.4 is 10.1 Å². The monoisotopic (exact) mass is 337 g/mol. The van der Waals surface area contributed by atoms with E-state index in [1.807, 2.05) is 42.7 Å². The maximum Gasteiger partial charge on any atom is 0.224 e. The second-order valence-electron chi connectivity index (χ2n) is 6.37. The fourth-order valence-corrected chi connectivity index (χ4v) is 2.79. The van der Waals surface area contributed by atoms with Crippen molar-refractivity contribution in [2.75, 3.05) is 7.11 Å². The van der Waals surface area contributed by atoms with Gasteiger partial charge in [0.1, 0.15) is 5.75 Å². The Hall–Kier alpha value is -2.82. The van der Waals surface area contributed by atoms with Gasteiger partial charge in [-0.2, -0.15) is 0 Å². The van der Waals surface area contributed by atoms with Gasteiger partial charge in [-0.05, 0) is 49.2 Å². The molecule has 130 valence electrons. The predicted octanol–water partition coefficient (Wildman–Crippen LogP) is 3.48. The Morgan fingerprint density at radius 2 is 1.88 bits per heavy atom. The van der Waals surface area contributed by atoms with Crippen LogP contribution in [0.3, 0.4) is 0 Å². The molecule has 0 atom stereocenters. The summed E-state index contributed by atoms with van der Waals surface area (Å²) in [6.07, 6.45) is 2.22. The topological polar surface area (TPSA) is 56.1 Å². The second-order valence-corrected chi connectivity index (χ2v) is 6.37. The lowest BCUT2D eigenvalue weighted by Gasteiger charge is -2.09. The Kier molecular flexibility index (Phi) is 5.03. The number of fused-ring (bicyclic) bond motifs is 1. The van der Waals surface area contributed by atoms with Gasteiger partial charge in [0.05, 0.1) is 30.9 Å². The molecule has 0 aliphatic heterocycles. The van der Waals surface area contributed by atoms with E-state index in [2.05, 4.69) is 34.8 Å². The molecule has 1 N–H and O–H groups in total. The Morgan fingerprint density at radius 1 is 1.16 bits per heavy atom. The summed E-state index contributed by atoms with van der Waals surface area (Å²) in [5, 5.41) is 2.97. The van der Waals surface area contributed by atoms with E-state index in [0.29, 0.717) is 19.0 Å². The average Bonchev–Trinajstić information content (AvgIpc) is 3.04. The Bertz CT molecular complexity index is 866. The van der Waals surface area contributed by atoms with Crippen molar-refractivity contribution in [2.24, 2.45) is 0 Å². The molecule has 0 aliphatic rings. The zero-order valence-corrected chi connectivity index (χ0v) is 14.8. The number of ether oxygens (including phenoxy) is 1. The average molecular weight is 337 g/mol. The molecule has 3 aromatic rings. The van der Waals surface area contributed by atoms with Crippen molar-refractivity contribution in [3.05, 3.63) is 59.9 Å². The molecule has 5 nitrogen and oxygen atoms in total. The van der Waals surface area contributed by atoms with Crippen LogP contribution in [0.4, 0.5) is 0 Å². The largest absolute Gasteiger partial charge is 0.497 e. The second kappa shape index (κ2) is 7.38. The van der Waals surface area contributed by atoms with Gasteiger partial charge in [-0.3, -0.25) is 4.79 Å². The summed E-state index contributed by atoms with van der Waals surface area (Å²) in [6.45, 7) is 4.77. The third kappa shape index (κ3) is 3.99. The summed E-state index contributed by atoms with van der Waals surface area (Å²) in [5.74, 6) is 0.788. The third-order valence-electron chi connectivity index (χ3n) is 4.21. The van der Waals surface area contributed by atoms with Crippen LogP contribution in [0.2, 0.25) is 0 Å². The van der Waals surface area contributed by atoms with Crippen molar-refractivity contribution in [3.63, 3.8) is 0 Å². The molecular formula is C20H23N3O2. The zero-order chi connectivity index (χ0) is 17.8. The fraction of sp³-hybridized carbons (Fsp3) is 0.300. The number of carbonyl (C=O) groups is 1. The molecule has 0 spiro atoms. The number of imidazole rings is 1. The Morgan fingerprint density at radius 3 is 2.56 bits per heavy atom. The number of methoxy groups -OCH3 is 1. The van der Waals surface area contributed by atoms with Gasteiger partial charge in [-0.1, -0.05) is 18.2 Å². The molecule has 0 saturated carbocycles. The van der Waals surface area contributed by atoms with Crippen LogP contribution in [0.1, 0.15) is 31.0 Å². The molecular weight excluding hydrogens is 314 g/mol. The Balaban J connectivity index is 1.60. The molecule has 5 heteroatoms. The van der Waals surface area contributed by atoms with E-state index in [1.54, 1.807) is 7.11 Å². The quantitative estimate of drug-likeness (QED) is 0.749. The van der Waals surface area contributed by atoms with Crippen molar-refractivity contribution >= 4 is 16.9 Å². The SMILES string of the molecule is COc1ccc(CC(=O)NCc2ccc3c(c2)ncn3C(C)C)cc1. The standard InChI is InChI=1S/C20H23N3O2/c1-14(2)23-13-22-18-10-16(6-9-19(18)23)12-21-20(24)11-15-4-7-17(25-3)8-5-15/h4-10,13-14H,11-12H2,1-3H3,(H,21,24). The van der Waals surface area contributed by atoms with Crippen LogP contribution in [-0.2, 0) is 17.8 Å². The number of hydrogen-bond acceptors (Lipinski definition) is 3. The summed E-state index contributed by atoms with van der Waals surface area (Å²) in [7, 11) is 1.63. The molecule has 0 aliphatic carbocycles. The summed E-state index contributed by atoms with van der Waals surface area (Å²) >= 11 is 0. The minimum absolute atomic E-state index is 0.00188. The molecule has 0 bridgehead atoms. The van der Waals surface area contributed by atoms with Gasteiger partial charge >= 0.3 is 0 Å². The first kappa shape index (κ1) is 17.0. The summed E-state index contributed by atoms with van der Waals surface area (Å²) in [5.41, 5.74) is 4.08. The maximum atomic E-state index is 12.1. The van der Waals surface area contributed by atoms with Crippen LogP contribution in [0, 0.1) is 0 Å². The normalized spacial score (nSPS) is 11.0. The molecule has 0 saturated heterocycles. The molecule has 3 rings (SSSR count). The maximum absolute atomic E-state index is 12.1. The van der Waals surface area contributed by atoms with Crippen molar-refractivity contribution in [1.82, 2.24) is 14.9 Å². The van der Waals surface area contributed by atoms with E-state index in [1.165, 1.54) is 0 Å². The van der Waals surface area contributed by atoms with Crippen molar-refractivity contribution in [3.8, 4) is 5.75 Å². The van der Waals surface area contributed by atoms with Gasteiger partial charge in [0, 0.05) is 12.6 Å². The highest BCUT2D eigenvalue weighted by atomic mass is 16.5. The lowest BCUT2D eigenvalue weighted by atomic mass is 10.1. The van der Waals surface area contributed by atoms with Gasteiger partial charge in [-0.25, -0.2) is 4.98 Å². The summed E-state index contributed by atoms with van der Waals surface area (Å²) < 4.78 is 7.26. The van der Waals surface area contributed by atoms with E-state index in [0.717, 1.165) is 27.9 Å². The van der Waals surface area contributed by atoms with Crippen LogP contribution in [0.5, 0.6) is 5.75 Å². The first-order chi connectivity index (χ1) is 12.1. The van der Waals surface area contributed by atoms with Gasteiger partial charge in [0.15, 0.2) is 0 Å². The lowest BCUT2D eigenvalue weighted by Crippen LogP contribution is -2.24. The number of benzene rings is 2. The highest BCUT2D eigenvalue weighted by molar-refractivity contribution is 5.79. The summed E-state index contributed by atoms with van der Waals surface area (Å²) in [6, 6.07) is 14.0. The van der Waals surface area contributed by atoms with E-state index < -0.39 is 0 Å². The Labute approximate surface area is 147 Å². The number of aromatic nitrogens is 2. The van der Waals surface area contributed by atoms with Gasteiger partial charge < -0.3 is 14.6 Å². The van der Waals surface area contributed by atoms with Crippen LogP contribution in [0.15, 0.2) is 48.8 Å². The van der Waals surface area contributed by atoms with E-state index in [4.69, 9.17) is 4.74 Å². The number of carbonyl (C=O) groups excluding carboxylic acids is 1. The minimum Gasteiger partial charge on any atom is -0.497 e. The molecule has 1 aromatic heterocycles. The van der Waals surface area contributed by atoms with Gasteiger partial charge in [0.25, 0.3) is 0 Å². The van der Waals surface area contributed by atoms with Crippen LogP contribution >= 0.6 is 0 Å². The molecule has 1 heterocycles. The number of hydrogen-bond donors (Lipinski definition) is 1. The number of nitrogens with one attached hydrogen (secondary N) is 1. The molecule has 0 radical (unpaired) electrons. The van der Waals surface area contributed by atoms with Crippen molar-refractivity contribution in [2.45, 2.75) is 32.9 Å². The zero-order valence-electron chi connectivity index (χ0n) is 14.8. The van der Waals surface area contributed by atoms with E-state index in [9.17, 15) is 4.79 Å². The number of nitrogens with zero attached hydrogens (tertiary/aromatic N) is 2. The smallest absolute Gasteiger partial charge is 0.224 e. The minimum atomic E-state index is -0.00188. The predicted molar refractivity (Wildman–Crippen MR) is 98.7 cm³/mol. The lowest BCUT2D eigenvalue weighted by molar-refractivity contribution is -0.120.